The van der Waals surface area contributed by atoms with E-state index in [2.05, 4.69) is 5.32 Å². The van der Waals surface area contributed by atoms with Crippen LogP contribution < -0.4 is 5.32 Å². The van der Waals surface area contributed by atoms with E-state index in [1.165, 1.54) is 0 Å². The van der Waals surface area contributed by atoms with Crippen molar-refractivity contribution in [3.05, 3.63) is 77.5 Å². The maximum Gasteiger partial charge on any atom is 0.256 e. The Morgan fingerprint density at radius 2 is 1.54 bits per heavy atom. The number of carbonyl (C=O) groups excluding carboxylic acids is 1. The van der Waals surface area contributed by atoms with Gasteiger partial charge < -0.3 is 9.88 Å². The summed E-state index contributed by atoms with van der Waals surface area (Å²) < 4.78 is 28.7. The number of hydrogen-bond donors (Lipinski definition) is 1. The van der Waals surface area contributed by atoms with Crippen molar-refractivity contribution in [2.45, 2.75) is 43.5 Å². The molecule has 0 fully saturated rings. The lowest BCUT2D eigenvalue weighted by Gasteiger charge is -2.14. The molecule has 28 heavy (non-hydrogen) atoms. The van der Waals surface area contributed by atoms with Crippen molar-refractivity contribution in [3.63, 3.8) is 0 Å². The van der Waals surface area contributed by atoms with Crippen LogP contribution in [0, 0.1) is 13.8 Å². The van der Waals surface area contributed by atoms with Crippen molar-refractivity contribution in [1.29, 1.82) is 0 Å². The van der Waals surface area contributed by atoms with Crippen LogP contribution in [0.4, 0.5) is 5.82 Å². The van der Waals surface area contributed by atoms with Crippen LogP contribution in [0.3, 0.4) is 0 Å². The fourth-order valence-electron chi connectivity index (χ4n) is 3.28. The maximum atomic E-state index is 13.4. The summed E-state index contributed by atoms with van der Waals surface area (Å²) in [5.74, 6) is -0.00507. The molecule has 1 N–H and O–H groups in total. The van der Waals surface area contributed by atoms with Gasteiger partial charge >= 0.3 is 0 Å². The molecule has 0 aliphatic rings. The minimum atomic E-state index is -3.78. The Kier molecular flexibility index (Phi) is 5.70. The fraction of sp³-hybridized carbons (Fsp3) is 0.227. The lowest BCUT2D eigenvalue weighted by molar-refractivity contribution is 0.102. The van der Waals surface area contributed by atoms with Gasteiger partial charge in [0.2, 0.25) is 9.84 Å². The van der Waals surface area contributed by atoms with Gasteiger partial charge in [-0.2, -0.15) is 0 Å². The van der Waals surface area contributed by atoms with E-state index in [9.17, 15) is 13.2 Å². The third kappa shape index (κ3) is 3.60. The van der Waals surface area contributed by atoms with E-state index >= 15 is 0 Å². The second kappa shape index (κ2) is 8.02. The molecule has 1 aromatic heterocycles. The lowest BCUT2D eigenvalue weighted by atomic mass is 10.2. The third-order valence-electron chi connectivity index (χ3n) is 4.81. The predicted molar refractivity (Wildman–Crippen MR) is 110 cm³/mol. The van der Waals surface area contributed by atoms with Crippen molar-refractivity contribution < 1.29 is 13.2 Å². The molecule has 0 unspecified atom stereocenters. The normalized spacial score (nSPS) is 11.4. The van der Waals surface area contributed by atoms with E-state index in [0.717, 1.165) is 12.1 Å². The van der Waals surface area contributed by atoms with Gasteiger partial charge in [-0.15, -0.1) is 0 Å². The number of nitrogens with one attached hydrogen (secondary N) is 1. The number of nitrogens with zero attached hydrogens (tertiary/aromatic N) is 1. The van der Waals surface area contributed by atoms with Gasteiger partial charge in [0.05, 0.1) is 4.90 Å². The molecule has 1 heterocycles. The number of aromatic nitrogens is 1. The molecule has 0 aliphatic heterocycles. The highest BCUT2D eigenvalue weighted by molar-refractivity contribution is 7.91. The van der Waals surface area contributed by atoms with Crippen LogP contribution in [-0.4, -0.2) is 18.9 Å². The molecule has 0 saturated carbocycles. The van der Waals surface area contributed by atoms with Crippen LogP contribution in [0.5, 0.6) is 0 Å². The quantitative estimate of drug-likeness (QED) is 0.662. The van der Waals surface area contributed by atoms with Crippen molar-refractivity contribution in [2.24, 2.45) is 0 Å². The summed E-state index contributed by atoms with van der Waals surface area (Å²) in [6.45, 7) is 6.30. The third-order valence-corrected chi connectivity index (χ3v) is 6.74. The fourth-order valence-corrected chi connectivity index (χ4v) is 5.00. The molecule has 5 nitrogen and oxygen atoms in total. The molecule has 0 atom stereocenters. The minimum absolute atomic E-state index is 0.161. The second-order valence-electron chi connectivity index (χ2n) is 6.68. The molecule has 0 spiro atoms. The van der Waals surface area contributed by atoms with Crippen molar-refractivity contribution in [1.82, 2.24) is 4.57 Å². The van der Waals surface area contributed by atoms with E-state index < -0.39 is 9.84 Å². The van der Waals surface area contributed by atoms with Gasteiger partial charge in [-0.3, -0.25) is 4.79 Å². The first kappa shape index (κ1) is 19.9. The van der Waals surface area contributed by atoms with Gasteiger partial charge in [-0.05, 0) is 50.1 Å². The highest BCUT2D eigenvalue weighted by atomic mass is 32.2. The standard InChI is InChI=1S/C22H24N2O3S/c1-4-15-24-17(3)16(2)20(28(26,27)19-13-9-6-10-14-19)21(24)23-22(25)18-11-7-5-8-12-18/h5-14H,4,15H2,1-3H3,(H,23,25). The van der Waals surface area contributed by atoms with Crippen molar-refractivity contribution >= 4 is 21.6 Å². The summed E-state index contributed by atoms with van der Waals surface area (Å²) in [6, 6.07) is 17.1. The molecular formula is C22H24N2O3S. The van der Waals surface area contributed by atoms with Gasteiger partial charge in [0.1, 0.15) is 10.7 Å². The first-order chi connectivity index (χ1) is 13.4. The predicted octanol–water partition coefficient (Wildman–Crippen LogP) is 4.60. The van der Waals surface area contributed by atoms with Crippen LogP contribution in [0.1, 0.15) is 35.0 Å². The molecule has 0 radical (unpaired) electrons. The van der Waals surface area contributed by atoms with Crippen LogP contribution in [0.25, 0.3) is 0 Å². The largest absolute Gasteiger partial charge is 0.331 e. The lowest BCUT2D eigenvalue weighted by Crippen LogP contribution is -2.18. The van der Waals surface area contributed by atoms with Gasteiger partial charge in [-0.25, -0.2) is 8.42 Å². The molecule has 0 bridgehead atoms. The summed E-state index contributed by atoms with van der Waals surface area (Å²) >= 11 is 0. The number of hydrogen-bond acceptors (Lipinski definition) is 3. The highest BCUT2D eigenvalue weighted by Crippen LogP contribution is 2.35. The first-order valence-electron chi connectivity index (χ1n) is 9.24. The Labute approximate surface area is 165 Å². The topological polar surface area (TPSA) is 68.2 Å². The van der Waals surface area contributed by atoms with Gasteiger partial charge in [0.15, 0.2) is 0 Å². The molecular weight excluding hydrogens is 372 g/mol. The monoisotopic (exact) mass is 396 g/mol. The molecule has 146 valence electrons. The summed E-state index contributed by atoms with van der Waals surface area (Å²) in [4.78, 5) is 13.2. The van der Waals surface area contributed by atoms with Crippen molar-refractivity contribution in [2.75, 3.05) is 5.32 Å². The first-order valence-corrected chi connectivity index (χ1v) is 10.7. The Balaban J connectivity index is 2.17. The Hall–Kier alpha value is -2.86. The molecule has 1 amide bonds. The zero-order valence-corrected chi connectivity index (χ0v) is 17.1. The molecule has 2 aromatic carbocycles. The second-order valence-corrected chi connectivity index (χ2v) is 8.56. The smallest absolute Gasteiger partial charge is 0.256 e. The van der Waals surface area contributed by atoms with Gasteiger partial charge in [-0.1, -0.05) is 43.3 Å². The molecule has 3 aromatic rings. The van der Waals surface area contributed by atoms with E-state index in [1.54, 1.807) is 61.5 Å². The number of carbonyl (C=O) groups is 1. The van der Waals surface area contributed by atoms with E-state index in [0.29, 0.717) is 23.5 Å². The summed E-state index contributed by atoms with van der Waals surface area (Å²) in [6.07, 6.45) is 0.813. The highest BCUT2D eigenvalue weighted by Gasteiger charge is 2.30. The number of benzene rings is 2. The number of rotatable bonds is 6. The van der Waals surface area contributed by atoms with Gasteiger partial charge in [0.25, 0.3) is 5.91 Å². The maximum absolute atomic E-state index is 13.4. The van der Waals surface area contributed by atoms with E-state index in [1.807, 2.05) is 24.5 Å². The number of anilines is 1. The minimum Gasteiger partial charge on any atom is -0.331 e. The van der Waals surface area contributed by atoms with Crippen LogP contribution in [0.2, 0.25) is 0 Å². The molecule has 0 aliphatic carbocycles. The summed E-state index contributed by atoms with van der Waals surface area (Å²) in [7, 11) is -3.78. The summed E-state index contributed by atoms with van der Waals surface area (Å²) in [5.41, 5.74) is 1.96. The van der Waals surface area contributed by atoms with Crippen molar-refractivity contribution in [3.8, 4) is 0 Å². The average Bonchev–Trinajstić information content (AvgIpc) is 2.94. The van der Waals surface area contributed by atoms with E-state index in [-0.39, 0.29) is 15.7 Å². The van der Waals surface area contributed by atoms with Crippen LogP contribution in [-0.2, 0) is 16.4 Å². The molecule has 0 saturated heterocycles. The Morgan fingerprint density at radius 3 is 2.11 bits per heavy atom. The van der Waals surface area contributed by atoms with Gasteiger partial charge in [0, 0.05) is 17.8 Å². The Bertz CT molecular complexity index is 1090. The SMILES string of the molecule is CCCn1c(C)c(C)c(S(=O)(=O)c2ccccc2)c1NC(=O)c1ccccc1. The Morgan fingerprint density at radius 1 is 0.964 bits per heavy atom. The summed E-state index contributed by atoms with van der Waals surface area (Å²) in [5, 5.41) is 2.86. The van der Waals surface area contributed by atoms with Crippen LogP contribution in [0.15, 0.2) is 70.5 Å². The molecule has 3 rings (SSSR count). The number of amides is 1. The zero-order chi connectivity index (χ0) is 20.3. The molecule has 6 heteroatoms. The average molecular weight is 397 g/mol. The van der Waals surface area contributed by atoms with Crippen LogP contribution >= 0.6 is 0 Å². The zero-order valence-electron chi connectivity index (χ0n) is 16.3. The number of sulfone groups is 1. The van der Waals surface area contributed by atoms with E-state index in [4.69, 9.17) is 0 Å².